The monoisotopic (exact) mass is 382 g/mol. The van der Waals surface area contributed by atoms with Crippen molar-refractivity contribution in [1.29, 1.82) is 0 Å². The SMILES string of the molecule is COc1ccc(CNc2cc(NCCc3ccccc3F)ncn2)cc1OC. The molecule has 6 nitrogen and oxygen atoms in total. The third-order valence-electron chi connectivity index (χ3n) is 4.25. The zero-order valence-corrected chi connectivity index (χ0v) is 15.9. The molecule has 3 aromatic rings. The maximum absolute atomic E-state index is 13.7. The van der Waals surface area contributed by atoms with Crippen LogP contribution in [-0.4, -0.2) is 30.7 Å². The molecular weight excluding hydrogens is 359 g/mol. The second kappa shape index (κ2) is 9.55. The van der Waals surface area contributed by atoms with E-state index in [0.29, 0.717) is 48.2 Å². The first-order valence-electron chi connectivity index (χ1n) is 8.93. The molecule has 0 aliphatic rings. The number of rotatable bonds is 9. The Morgan fingerprint density at radius 1 is 0.893 bits per heavy atom. The summed E-state index contributed by atoms with van der Waals surface area (Å²) in [6.07, 6.45) is 2.06. The van der Waals surface area contributed by atoms with Gasteiger partial charge in [-0.15, -0.1) is 0 Å². The van der Waals surface area contributed by atoms with E-state index >= 15 is 0 Å². The Morgan fingerprint density at radius 2 is 1.64 bits per heavy atom. The van der Waals surface area contributed by atoms with Gasteiger partial charge in [0.05, 0.1) is 14.2 Å². The molecule has 1 aromatic heterocycles. The van der Waals surface area contributed by atoms with Crippen LogP contribution in [0.5, 0.6) is 11.5 Å². The van der Waals surface area contributed by atoms with Gasteiger partial charge >= 0.3 is 0 Å². The summed E-state index contributed by atoms with van der Waals surface area (Å²) in [5.74, 6) is 2.55. The number of hydrogen-bond donors (Lipinski definition) is 2. The van der Waals surface area contributed by atoms with Crippen LogP contribution >= 0.6 is 0 Å². The van der Waals surface area contributed by atoms with Crippen LogP contribution in [0.15, 0.2) is 54.9 Å². The molecule has 28 heavy (non-hydrogen) atoms. The minimum atomic E-state index is -0.190. The van der Waals surface area contributed by atoms with Crippen LogP contribution in [0.2, 0.25) is 0 Å². The smallest absolute Gasteiger partial charge is 0.161 e. The minimum absolute atomic E-state index is 0.190. The Kier molecular flexibility index (Phi) is 6.62. The van der Waals surface area contributed by atoms with E-state index in [1.54, 1.807) is 26.4 Å². The zero-order chi connectivity index (χ0) is 19.8. The predicted octanol–water partition coefficient (Wildman–Crippen LogP) is 3.90. The van der Waals surface area contributed by atoms with Crippen LogP contribution in [0.4, 0.5) is 16.0 Å². The second-order valence-corrected chi connectivity index (χ2v) is 6.10. The van der Waals surface area contributed by atoms with Crippen LogP contribution in [-0.2, 0) is 13.0 Å². The number of halogens is 1. The molecule has 0 unspecified atom stereocenters. The molecule has 0 fully saturated rings. The summed E-state index contributed by atoms with van der Waals surface area (Å²) in [6, 6.07) is 14.3. The highest BCUT2D eigenvalue weighted by Gasteiger charge is 2.06. The largest absolute Gasteiger partial charge is 0.493 e. The van der Waals surface area contributed by atoms with Crippen molar-refractivity contribution in [3.8, 4) is 11.5 Å². The maximum Gasteiger partial charge on any atom is 0.161 e. The average Bonchev–Trinajstić information content (AvgIpc) is 2.73. The molecule has 7 heteroatoms. The maximum atomic E-state index is 13.7. The summed E-state index contributed by atoms with van der Waals surface area (Å²) < 4.78 is 24.2. The van der Waals surface area contributed by atoms with Crippen LogP contribution in [0.25, 0.3) is 0 Å². The Balaban J connectivity index is 1.55. The first-order chi connectivity index (χ1) is 13.7. The van der Waals surface area contributed by atoms with Crippen molar-refractivity contribution in [2.75, 3.05) is 31.4 Å². The van der Waals surface area contributed by atoms with Gasteiger partial charge < -0.3 is 20.1 Å². The van der Waals surface area contributed by atoms with Gasteiger partial charge in [0, 0.05) is 19.2 Å². The lowest BCUT2D eigenvalue weighted by atomic mass is 10.1. The fourth-order valence-corrected chi connectivity index (χ4v) is 2.76. The molecule has 0 atom stereocenters. The Hall–Kier alpha value is -3.35. The average molecular weight is 382 g/mol. The van der Waals surface area contributed by atoms with E-state index in [0.717, 1.165) is 5.56 Å². The lowest BCUT2D eigenvalue weighted by Gasteiger charge is -2.11. The highest BCUT2D eigenvalue weighted by atomic mass is 19.1. The van der Waals surface area contributed by atoms with E-state index < -0.39 is 0 Å². The Bertz CT molecular complexity index is 920. The molecule has 0 bridgehead atoms. The van der Waals surface area contributed by atoms with Crippen molar-refractivity contribution in [2.24, 2.45) is 0 Å². The molecule has 0 saturated carbocycles. The standard InChI is InChI=1S/C21H23FN4O2/c1-27-18-8-7-15(11-19(18)28-2)13-24-21-12-20(25-14-26-21)23-10-9-16-5-3-4-6-17(16)22/h3-8,11-12,14H,9-10,13H2,1-2H3,(H2,23,24,25,26). The molecule has 1 heterocycles. The van der Waals surface area contributed by atoms with E-state index in [1.165, 1.54) is 12.4 Å². The summed E-state index contributed by atoms with van der Waals surface area (Å²) >= 11 is 0. The van der Waals surface area contributed by atoms with E-state index in [-0.39, 0.29) is 5.82 Å². The molecule has 0 aliphatic carbocycles. The van der Waals surface area contributed by atoms with Gasteiger partial charge in [-0.2, -0.15) is 0 Å². The predicted molar refractivity (Wildman–Crippen MR) is 107 cm³/mol. The van der Waals surface area contributed by atoms with E-state index in [9.17, 15) is 4.39 Å². The molecule has 3 rings (SSSR count). The van der Waals surface area contributed by atoms with Crippen molar-refractivity contribution in [2.45, 2.75) is 13.0 Å². The van der Waals surface area contributed by atoms with Crippen molar-refractivity contribution in [3.63, 3.8) is 0 Å². The summed E-state index contributed by atoms with van der Waals surface area (Å²) in [6.45, 7) is 1.15. The topological polar surface area (TPSA) is 68.3 Å². The lowest BCUT2D eigenvalue weighted by molar-refractivity contribution is 0.354. The lowest BCUT2D eigenvalue weighted by Crippen LogP contribution is -2.09. The number of hydrogen-bond acceptors (Lipinski definition) is 6. The van der Waals surface area contributed by atoms with Gasteiger partial charge in [0.2, 0.25) is 0 Å². The molecular formula is C21H23FN4O2. The van der Waals surface area contributed by atoms with E-state index in [4.69, 9.17) is 9.47 Å². The van der Waals surface area contributed by atoms with Gasteiger partial charge in [-0.1, -0.05) is 24.3 Å². The molecule has 146 valence electrons. The number of nitrogens with zero attached hydrogens (tertiary/aromatic N) is 2. The Labute approximate surface area is 163 Å². The first kappa shape index (κ1) is 19.4. The fourth-order valence-electron chi connectivity index (χ4n) is 2.76. The van der Waals surface area contributed by atoms with Crippen molar-refractivity contribution in [3.05, 3.63) is 71.8 Å². The van der Waals surface area contributed by atoms with Gasteiger partial charge in [0.25, 0.3) is 0 Å². The zero-order valence-electron chi connectivity index (χ0n) is 15.9. The number of aromatic nitrogens is 2. The van der Waals surface area contributed by atoms with Gasteiger partial charge in [-0.25, -0.2) is 14.4 Å². The molecule has 0 radical (unpaired) electrons. The van der Waals surface area contributed by atoms with E-state index in [2.05, 4.69) is 20.6 Å². The fraction of sp³-hybridized carbons (Fsp3) is 0.238. The number of ether oxygens (including phenoxy) is 2. The molecule has 0 aliphatic heterocycles. The third-order valence-corrected chi connectivity index (χ3v) is 4.25. The second-order valence-electron chi connectivity index (χ2n) is 6.10. The summed E-state index contributed by atoms with van der Waals surface area (Å²) in [7, 11) is 3.22. The Morgan fingerprint density at radius 3 is 2.39 bits per heavy atom. The number of anilines is 2. The van der Waals surface area contributed by atoms with E-state index in [1.807, 2.05) is 30.3 Å². The summed E-state index contributed by atoms with van der Waals surface area (Å²) in [5, 5.41) is 6.46. The van der Waals surface area contributed by atoms with Gasteiger partial charge in [-0.05, 0) is 35.7 Å². The summed E-state index contributed by atoms with van der Waals surface area (Å²) in [4.78, 5) is 8.44. The van der Waals surface area contributed by atoms with Gasteiger partial charge in [0.15, 0.2) is 11.5 Å². The molecule has 2 N–H and O–H groups in total. The minimum Gasteiger partial charge on any atom is -0.493 e. The highest BCUT2D eigenvalue weighted by molar-refractivity contribution is 5.48. The van der Waals surface area contributed by atoms with Crippen molar-refractivity contribution >= 4 is 11.6 Å². The molecule has 0 amide bonds. The third kappa shape index (κ3) is 5.09. The summed E-state index contributed by atoms with van der Waals surface area (Å²) in [5.41, 5.74) is 1.71. The van der Waals surface area contributed by atoms with Crippen LogP contribution in [0, 0.1) is 5.82 Å². The van der Waals surface area contributed by atoms with Gasteiger partial charge in [-0.3, -0.25) is 0 Å². The number of methoxy groups -OCH3 is 2. The molecule has 2 aromatic carbocycles. The number of nitrogens with one attached hydrogen (secondary N) is 2. The van der Waals surface area contributed by atoms with Crippen molar-refractivity contribution < 1.29 is 13.9 Å². The van der Waals surface area contributed by atoms with Crippen molar-refractivity contribution in [1.82, 2.24) is 9.97 Å². The quantitative estimate of drug-likeness (QED) is 0.585. The normalized spacial score (nSPS) is 10.4. The number of benzene rings is 2. The van der Waals surface area contributed by atoms with Crippen LogP contribution in [0.3, 0.4) is 0 Å². The van der Waals surface area contributed by atoms with Gasteiger partial charge in [0.1, 0.15) is 23.8 Å². The van der Waals surface area contributed by atoms with Crippen LogP contribution in [0.1, 0.15) is 11.1 Å². The first-order valence-corrected chi connectivity index (χ1v) is 8.93. The molecule has 0 saturated heterocycles. The van der Waals surface area contributed by atoms with Crippen LogP contribution < -0.4 is 20.1 Å². The molecule has 0 spiro atoms. The highest BCUT2D eigenvalue weighted by Crippen LogP contribution is 2.27.